The molecular formula is C13H18N2O2. The van der Waals surface area contributed by atoms with E-state index in [1.807, 2.05) is 6.92 Å². The van der Waals surface area contributed by atoms with E-state index in [0.717, 1.165) is 24.9 Å². The van der Waals surface area contributed by atoms with E-state index >= 15 is 0 Å². The van der Waals surface area contributed by atoms with Crippen molar-refractivity contribution in [2.24, 2.45) is 5.41 Å². The van der Waals surface area contributed by atoms with Crippen LogP contribution in [0.3, 0.4) is 0 Å². The van der Waals surface area contributed by atoms with Crippen molar-refractivity contribution >= 4 is 17.3 Å². The van der Waals surface area contributed by atoms with Crippen LogP contribution in [0.2, 0.25) is 0 Å². The fourth-order valence-corrected chi connectivity index (χ4v) is 2.03. The van der Waals surface area contributed by atoms with E-state index in [1.165, 1.54) is 0 Å². The topological polar surface area (TPSA) is 64.3 Å². The van der Waals surface area contributed by atoms with Gasteiger partial charge in [-0.05, 0) is 31.0 Å². The van der Waals surface area contributed by atoms with Gasteiger partial charge in [-0.15, -0.1) is 0 Å². The molecule has 1 amide bonds. The molecule has 1 aromatic rings. The molecule has 1 aliphatic carbocycles. The Balaban J connectivity index is 2.08. The van der Waals surface area contributed by atoms with Crippen molar-refractivity contribution in [1.29, 1.82) is 0 Å². The second-order valence-electron chi connectivity index (χ2n) is 4.83. The maximum Gasteiger partial charge on any atom is 0.230 e. The fourth-order valence-electron chi connectivity index (χ4n) is 2.03. The van der Waals surface area contributed by atoms with Gasteiger partial charge in [-0.1, -0.05) is 13.3 Å². The van der Waals surface area contributed by atoms with Crippen molar-refractivity contribution in [3.63, 3.8) is 0 Å². The van der Waals surface area contributed by atoms with E-state index in [1.54, 1.807) is 25.3 Å². The van der Waals surface area contributed by atoms with Gasteiger partial charge < -0.3 is 15.8 Å². The van der Waals surface area contributed by atoms with Crippen molar-refractivity contribution in [2.75, 3.05) is 18.2 Å². The summed E-state index contributed by atoms with van der Waals surface area (Å²) in [6, 6.07) is 5.28. The lowest BCUT2D eigenvalue weighted by molar-refractivity contribution is -0.128. The van der Waals surface area contributed by atoms with Crippen LogP contribution in [0.1, 0.15) is 26.2 Å². The Morgan fingerprint density at radius 3 is 2.65 bits per heavy atom. The van der Waals surface area contributed by atoms with Crippen molar-refractivity contribution < 1.29 is 9.53 Å². The number of amides is 1. The molecule has 1 fully saturated rings. The lowest BCUT2D eigenvalue weighted by Crippen LogP contribution is -2.39. The smallest absolute Gasteiger partial charge is 0.230 e. The molecule has 2 rings (SSSR count). The number of nitrogen functional groups attached to an aromatic ring is 1. The first kappa shape index (κ1) is 11.8. The summed E-state index contributed by atoms with van der Waals surface area (Å²) in [7, 11) is 1.57. The van der Waals surface area contributed by atoms with E-state index in [0.29, 0.717) is 11.4 Å². The molecule has 1 aromatic carbocycles. The van der Waals surface area contributed by atoms with E-state index in [-0.39, 0.29) is 11.3 Å². The molecule has 1 aliphatic rings. The molecule has 0 bridgehead atoms. The van der Waals surface area contributed by atoms with Crippen LogP contribution in [0, 0.1) is 5.41 Å². The van der Waals surface area contributed by atoms with Gasteiger partial charge in [0.2, 0.25) is 5.91 Å². The highest BCUT2D eigenvalue weighted by Gasteiger charge is 2.39. The third-order valence-electron chi connectivity index (χ3n) is 3.49. The molecule has 0 spiro atoms. The molecular weight excluding hydrogens is 216 g/mol. The fraction of sp³-hybridized carbons (Fsp3) is 0.462. The van der Waals surface area contributed by atoms with Crippen LogP contribution < -0.4 is 15.8 Å². The number of methoxy groups -OCH3 is 1. The van der Waals surface area contributed by atoms with Crippen molar-refractivity contribution in [3.8, 4) is 5.75 Å². The van der Waals surface area contributed by atoms with Gasteiger partial charge in [0.05, 0.1) is 12.8 Å². The van der Waals surface area contributed by atoms with Crippen LogP contribution in [0.5, 0.6) is 5.75 Å². The van der Waals surface area contributed by atoms with E-state index in [4.69, 9.17) is 10.5 Å². The summed E-state index contributed by atoms with van der Waals surface area (Å²) >= 11 is 0. The molecule has 0 unspecified atom stereocenters. The van der Waals surface area contributed by atoms with Crippen LogP contribution in [0.15, 0.2) is 18.2 Å². The number of nitrogens with two attached hydrogens (primary N) is 1. The van der Waals surface area contributed by atoms with Gasteiger partial charge in [0, 0.05) is 11.1 Å². The number of hydrogen-bond donors (Lipinski definition) is 2. The number of ether oxygens (including phenoxy) is 1. The molecule has 92 valence electrons. The summed E-state index contributed by atoms with van der Waals surface area (Å²) in [6.45, 7) is 2.00. The average molecular weight is 234 g/mol. The van der Waals surface area contributed by atoms with Crippen molar-refractivity contribution in [1.82, 2.24) is 0 Å². The largest absolute Gasteiger partial charge is 0.495 e. The zero-order valence-electron chi connectivity index (χ0n) is 10.2. The quantitative estimate of drug-likeness (QED) is 0.789. The Hall–Kier alpha value is -1.71. The normalized spacial score (nSPS) is 17.1. The monoisotopic (exact) mass is 234 g/mol. The molecule has 0 atom stereocenters. The molecule has 0 aromatic heterocycles. The summed E-state index contributed by atoms with van der Waals surface area (Å²) in [5, 5.41) is 2.90. The predicted octanol–water partition coefficient (Wildman–Crippen LogP) is 2.41. The van der Waals surface area contributed by atoms with E-state index < -0.39 is 0 Å². The lowest BCUT2D eigenvalue weighted by atomic mass is 9.70. The van der Waals surface area contributed by atoms with Crippen LogP contribution in [-0.2, 0) is 4.79 Å². The van der Waals surface area contributed by atoms with Gasteiger partial charge in [0.15, 0.2) is 0 Å². The Morgan fingerprint density at radius 1 is 1.47 bits per heavy atom. The minimum atomic E-state index is -0.200. The first-order chi connectivity index (χ1) is 8.05. The molecule has 3 N–H and O–H groups in total. The third kappa shape index (κ3) is 2.20. The molecule has 0 radical (unpaired) electrons. The zero-order chi connectivity index (χ0) is 12.5. The minimum Gasteiger partial charge on any atom is -0.495 e. The number of hydrogen-bond acceptors (Lipinski definition) is 3. The van der Waals surface area contributed by atoms with Gasteiger partial charge in [-0.25, -0.2) is 0 Å². The first-order valence-corrected chi connectivity index (χ1v) is 5.80. The van der Waals surface area contributed by atoms with Gasteiger partial charge in [0.1, 0.15) is 5.75 Å². The van der Waals surface area contributed by atoms with E-state index in [9.17, 15) is 4.79 Å². The maximum absolute atomic E-state index is 12.0. The molecule has 0 heterocycles. The van der Waals surface area contributed by atoms with Crippen molar-refractivity contribution in [2.45, 2.75) is 26.2 Å². The van der Waals surface area contributed by atoms with Gasteiger partial charge in [-0.3, -0.25) is 4.79 Å². The predicted molar refractivity (Wildman–Crippen MR) is 68.0 cm³/mol. The van der Waals surface area contributed by atoms with Crippen molar-refractivity contribution in [3.05, 3.63) is 18.2 Å². The second kappa shape index (κ2) is 4.28. The summed E-state index contributed by atoms with van der Waals surface area (Å²) in [6.07, 6.45) is 3.06. The highest BCUT2D eigenvalue weighted by Crippen LogP contribution is 2.41. The van der Waals surface area contributed by atoms with E-state index in [2.05, 4.69) is 5.32 Å². The lowest BCUT2D eigenvalue weighted by Gasteiger charge is -2.36. The summed E-state index contributed by atoms with van der Waals surface area (Å²) in [4.78, 5) is 12.0. The third-order valence-corrected chi connectivity index (χ3v) is 3.49. The van der Waals surface area contributed by atoms with Crippen LogP contribution >= 0.6 is 0 Å². The molecule has 1 saturated carbocycles. The maximum atomic E-state index is 12.0. The number of benzene rings is 1. The highest BCUT2D eigenvalue weighted by atomic mass is 16.5. The number of carbonyl (C=O) groups excluding carboxylic acids is 1. The van der Waals surface area contributed by atoms with Gasteiger partial charge >= 0.3 is 0 Å². The highest BCUT2D eigenvalue weighted by molar-refractivity contribution is 5.96. The average Bonchev–Trinajstić information content (AvgIpc) is 2.26. The van der Waals surface area contributed by atoms with Crippen LogP contribution in [0.25, 0.3) is 0 Å². The zero-order valence-corrected chi connectivity index (χ0v) is 10.2. The minimum absolute atomic E-state index is 0.0771. The molecule has 4 nitrogen and oxygen atoms in total. The second-order valence-corrected chi connectivity index (χ2v) is 4.83. The van der Waals surface area contributed by atoms with Gasteiger partial charge in [0.25, 0.3) is 0 Å². The molecule has 0 saturated heterocycles. The Bertz CT molecular complexity index is 439. The Labute approximate surface area is 101 Å². The Kier molecular flexibility index (Phi) is 2.96. The van der Waals surface area contributed by atoms with Crippen LogP contribution in [0.4, 0.5) is 11.4 Å². The number of nitrogens with one attached hydrogen (secondary N) is 1. The standard InChI is InChI=1S/C13H18N2O2/c1-13(6-3-7-13)12(16)15-9-4-5-11(17-2)10(14)8-9/h4-5,8H,3,6-7,14H2,1-2H3,(H,15,16). The SMILES string of the molecule is COc1ccc(NC(=O)C2(C)CCC2)cc1N. The number of anilines is 2. The molecule has 0 aliphatic heterocycles. The summed E-state index contributed by atoms with van der Waals surface area (Å²) in [5.41, 5.74) is 6.84. The summed E-state index contributed by atoms with van der Waals surface area (Å²) < 4.78 is 5.07. The molecule has 17 heavy (non-hydrogen) atoms. The Morgan fingerprint density at radius 2 is 2.18 bits per heavy atom. The number of carbonyl (C=O) groups is 1. The van der Waals surface area contributed by atoms with Gasteiger partial charge in [-0.2, -0.15) is 0 Å². The number of rotatable bonds is 3. The molecule has 4 heteroatoms. The first-order valence-electron chi connectivity index (χ1n) is 5.80. The van der Waals surface area contributed by atoms with Crippen LogP contribution in [-0.4, -0.2) is 13.0 Å². The summed E-state index contributed by atoms with van der Waals surface area (Å²) in [5.74, 6) is 0.700.